The van der Waals surface area contributed by atoms with Crippen LogP contribution in [0.25, 0.3) is 16.7 Å². The van der Waals surface area contributed by atoms with Gasteiger partial charge in [-0.2, -0.15) is 0 Å². The Balaban J connectivity index is 1.75. The highest BCUT2D eigenvalue weighted by atomic mass is 32.2. The van der Waals surface area contributed by atoms with Crippen LogP contribution in [0.3, 0.4) is 0 Å². The van der Waals surface area contributed by atoms with Crippen LogP contribution >= 0.6 is 23.1 Å². The van der Waals surface area contributed by atoms with Gasteiger partial charge in [0.2, 0.25) is 0 Å². The molecule has 0 bridgehead atoms. The molecule has 0 saturated heterocycles. The SMILES string of the molecule is CCCc1nc(CSc2nc3ccccc3c(=O)n2-c2ccc(C)cn2)cs1. The summed E-state index contributed by atoms with van der Waals surface area (Å²) < 4.78 is 1.60. The molecule has 0 saturated carbocycles. The highest BCUT2D eigenvalue weighted by molar-refractivity contribution is 7.98. The third-order valence-electron chi connectivity index (χ3n) is 4.28. The van der Waals surface area contributed by atoms with Crippen molar-refractivity contribution < 1.29 is 0 Å². The van der Waals surface area contributed by atoms with Crippen LogP contribution in [0.4, 0.5) is 0 Å². The van der Waals surface area contributed by atoms with Crippen molar-refractivity contribution in [2.24, 2.45) is 0 Å². The van der Waals surface area contributed by atoms with Crippen molar-refractivity contribution in [3.63, 3.8) is 0 Å². The molecule has 142 valence electrons. The van der Waals surface area contributed by atoms with Crippen LogP contribution in [0.1, 0.15) is 29.6 Å². The first-order valence-corrected chi connectivity index (χ1v) is 11.0. The monoisotopic (exact) mass is 408 g/mol. The van der Waals surface area contributed by atoms with Gasteiger partial charge in [-0.1, -0.05) is 36.9 Å². The lowest BCUT2D eigenvalue weighted by Gasteiger charge is -2.12. The summed E-state index contributed by atoms with van der Waals surface area (Å²) in [7, 11) is 0. The van der Waals surface area contributed by atoms with Gasteiger partial charge in [-0.25, -0.2) is 19.5 Å². The molecule has 0 radical (unpaired) electrons. The zero-order chi connectivity index (χ0) is 19.5. The van der Waals surface area contributed by atoms with Crippen LogP contribution in [0.2, 0.25) is 0 Å². The van der Waals surface area contributed by atoms with Crippen molar-refractivity contribution in [2.45, 2.75) is 37.6 Å². The molecule has 28 heavy (non-hydrogen) atoms. The maximum absolute atomic E-state index is 13.2. The molecule has 0 aliphatic heterocycles. The van der Waals surface area contributed by atoms with E-state index in [1.807, 2.05) is 37.3 Å². The Morgan fingerprint density at radius 2 is 2.00 bits per heavy atom. The Morgan fingerprint density at radius 1 is 1.14 bits per heavy atom. The normalized spacial score (nSPS) is 11.2. The number of para-hydroxylation sites is 1. The summed E-state index contributed by atoms with van der Waals surface area (Å²) in [6.07, 6.45) is 3.86. The fraction of sp³-hybridized carbons (Fsp3) is 0.238. The predicted molar refractivity (Wildman–Crippen MR) is 116 cm³/mol. The first kappa shape index (κ1) is 18.8. The average molecular weight is 409 g/mol. The van der Waals surface area contributed by atoms with Gasteiger partial charge in [-0.15, -0.1) is 11.3 Å². The summed E-state index contributed by atoms with van der Waals surface area (Å²) in [6, 6.07) is 11.2. The zero-order valence-electron chi connectivity index (χ0n) is 15.8. The summed E-state index contributed by atoms with van der Waals surface area (Å²) in [5, 5.41) is 4.46. The molecular formula is C21H20N4OS2. The number of aromatic nitrogens is 4. The molecule has 7 heteroatoms. The molecule has 0 N–H and O–H groups in total. The number of hydrogen-bond acceptors (Lipinski definition) is 6. The number of benzene rings is 1. The molecule has 0 unspecified atom stereocenters. The number of nitrogens with zero attached hydrogens (tertiary/aromatic N) is 4. The second-order valence-electron chi connectivity index (χ2n) is 6.52. The second kappa shape index (κ2) is 8.24. The van der Waals surface area contributed by atoms with E-state index >= 15 is 0 Å². The molecule has 4 aromatic rings. The van der Waals surface area contributed by atoms with Gasteiger partial charge in [0.15, 0.2) is 5.16 Å². The number of pyridine rings is 1. The molecule has 0 atom stereocenters. The van der Waals surface area contributed by atoms with Crippen molar-refractivity contribution in [1.82, 2.24) is 19.5 Å². The molecule has 1 aromatic carbocycles. The summed E-state index contributed by atoms with van der Waals surface area (Å²) in [5.74, 6) is 1.25. The smallest absolute Gasteiger partial charge is 0.267 e. The number of hydrogen-bond donors (Lipinski definition) is 0. The fourth-order valence-corrected chi connectivity index (χ4v) is 4.78. The Hall–Kier alpha value is -2.51. The van der Waals surface area contributed by atoms with Crippen molar-refractivity contribution >= 4 is 34.0 Å². The lowest BCUT2D eigenvalue weighted by molar-refractivity contribution is 0.794. The highest BCUT2D eigenvalue weighted by Crippen LogP contribution is 2.25. The third kappa shape index (κ3) is 3.86. The Kier molecular flexibility index (Phi) is 5.54. The molecule has 5 nitrogen and oxygen atoms in total. The molecule has 3 heterocycles. The maximum Gasteiger partial charge on any atom is 0.267 e. The van der Waals surface area contributed by atoms with Gasteiger partial charge >= 0.3 is 0 Å². The topological polar surface area (TPSA) is 60.7 Å². The van der Waals surface area contributed by atoms with Crippen molar-refractivity contribution in [3.05, 3.63) is 74.6 Å². The summed E-state index contributed by atoms with van der Waals surface area (Å²) in [5.41, 5.74) is 2.66. The van der Waals surface area contributed by atoms with Crippen LogP contribution in [0.15, 0.2) is 57.9 Å². The largest absolute Gasteiger partial charge is 0.268 e. The highest BCUT2D eigenvalue weighted by Gasteiger charge is 2.15. The van der Waals surface area contributed by atoms with E-state index in [1.54, 1.807) is 28.2 Å². The van der Waals surface area contributed by atoms with Gasteiger partial charge in [0.05, 0.1) is 21.6 Å². The summed E-state index contributed by atoms with van der Waals surface area (Å²) in [4.78, 5) is 27.1. The van der Waals surface area contributed by atoms with Gasteiger partial charge in [0.25, 0.3) is 5.56 Å². The van der Waals surface area contributed by atoms with Gasteiger partial charge in [-0.3, -0.25) is 4.79 Å². The van der Waals surface area contributed by atoms with Gasteiger partial charge < -0.3 is 0 Å². The van der Waals surface area contributed by atoms with Crippen LogP contribution in [0.5, 0.6) is 0 Å². The van der Waals surface area contributed by atoms with E-state index in [2.05, 4.69) is 22.3 Å². The molecule has 0 aliphatic rings. The van der Waals surface area contributed by atoms with Crippen LogP contribution in [-0.4, -0.2) is 19.5 Å². The molecule has 0 fully saturated rings. The minimum absolute atomic E-state index is 0.102. The van der Waals surface area contributed by atoms with E-state index in [0.717, 1.165) is 29.1 Å². The minimum atomic E-state index is -0.102. The van der Waals surface area contributed by atoms with E-state index in [9.17, 15) is 4.79 Å². The van der Waals surface area contributed by atoms with Gasteiger partial charge in [0, 0.05) is 17.3 Å². The Bertz CT molecular complexity index is 1170. The lowest BCUT2D eigenvalue weighted by atomic mass is 10.2. The van der Waals surface area contributed by atoms with E-state index in [4.69, 9.17) is 4.98 Å². The third-order valence-corrected chi connectivity index (χ3v) is 6.21. The Morgan fingerprint density at radius 3 is 2.79 bits per heavy atom. The fourth-order valence-electron chi connectivity index (χ4n) is 2.89. The molecule has 0 spiro atoms. The van der Waals surface area contributed by atoms with E-state index in [1.165, 1.54) is 11.8 Å². The molecule has 0 amide bonds. The number of rotatable bonds is 6. The first-order valence-electron chi connectivity index (χ1n) is 9.16. The summed E-state index contributed by atoms with van der Waals surface area (Å²) in [6.45, 7) is 4.13. The molecule has 4 rings (SSSR count). The van der Waals surface area contributed by atoms with Gasteiger partial charge in [0.1, 0.15) is 5.82 Å². The molecule has 3 aromatic heterocycles. The average Bonchev–Trinajstić information content (AvgIpc) is 3.15. The lowest BCUT2D eigenvalue weighted by Crippen LogP contribution is -2.22. The van der Waals surface area contributed by atoms with Crippen molar-refractivity contribution in [2.75, 3.05) is 0 Å². The standard InChI is InChI=1S/C21H20N4OS2/c1-3-6-19-23-15(12-27-19)13-28-21-24-17-8-5-4-7-16(17)20(26)25(21)18-10-9-14(2)11-22-18/h4-5,7-12H,3,6,13H2,1-2H3. The predicted octanol–water partition coefficient (Wildman–Crippen LogP) is 4.79. The Labute approximate surface area is 171 Å². The van der Waals surface area contributed by atoms with Crippen LogP contribution in [-0.2, 0) is 12.2 Å². The molecule has 0 aliphatic carbocycles. The van der Waals surface area contributed by atoms with E-state index in [0.29, 0.717) is 27.6 Å². The number of thioether (sulfide) groups is 1. The van der Waals surface area contributed by atoms with E-state index < -0.39 is 0 Å². The maximum atomic E-state index is 13.2. The van der Waals surface area contributed by atoms with E-state index in [-0.39, 0.29) is 5.56 Å². The number of thiazole rings is 1. The number of aryl methyl sites for hydroxylation is 2. The molecular weight excluding hydrogens is 388 g/mol. The van der Waals surface area contributed by atoms with Crippen molar-refractivity contribution in [1.29, 1.82) is 0 Å². The van der Waals surface area contributed by atoms with Crippen LogP contribution in [0, 0.1) is 6.92 Å². The zero-order valence-corrected chi connectivity index (χ0v) is 17.4. The summed E-state index contributed by atoms with van der Waals surface area (Å²) >= 11 is 3.21. The number of fused-ring (bicyclic) bond motifs is 1. The first-order chi connectivity index (χ1) is 13.7. The van der Waals surface area contributed by atoms with Crippen molar-refractivity contribution in [3.8, 4) is 5.82 Å². The van der Waals surface area contributed by atoms with Gasteiger partial charge in [-0.05, 0) is 43.5 Å². The minimum Gasteiger partial charge on any atom is -0.268 e. The quantitative estimate of drug-likeness (QED) is 0.339. The van der Waals surface area contributed by atoms with Crippen LogP contribution < -0.4 is 5.56 Å². The second-order valence-corrected chi connectivity index (χ2v) is 8.40.